The van der Waals surface area contributed by atoms with E-state index in [9.17, 15) is 14.4 Å². The van der Waals surface area contributed by atoms with Crippen LogP contribution in [0.5, 0.6) is 0 Å². The van der Waals surface area contributed by atoms with E-state index in [0.717, 1.165) is 10.9 Å². The van der Waals surface area contributed by atoms with Crippen molar-refractivity contribution < 1.29 is 14.0 Å². The Kier molecular flexibility index (Phi) is 2.95. The van der Waals surface area contributed by atoms with E-state index in [-0.39, 0.29) is 12.0 Å². The molecule has 2 aromatic rings. The number of carbonyl (C=O) groups is 2. The highest BCUT2D eigenvalue weighted by Crippen LogP contribution is 2.21. The van der Waals surface area contributed by atoms with Crippen LogP contribution in [0.15, 0.2) is 33.5 Å². The van der Waals surface area contributed by atoms with E-state index in [1.54, 1.807) is 19.1 Å². The first-order valence-electron chi connectivity index (χ1n) is 5.11. The minimum absolute atomic E-state index is 0.108. The second-order valence-electron chi connectivity index (χ2n) is 3.76. The van der Waals surface area contributed by atoms with Gasteiger partial charge in [-0.25, -0.2) is 15.6 Å². The molecule has 0 aliphatic carbocycles. The normalized spacial score (nSPS) is 10.3. The zero-order chi connectivity index (χ0) is 13.3. The number of hydrogen-bond donors (Lipinski definition) is 1. The molecule has 1 heterocycles. The van der Waals surface area contributed by atoms with E-state index in [1.807, 2.05) is 0 Å². The first-order valence-corrected chi connectivity index (χ1v) is 5.11. The van der Waals surface area contributed by atoms with Gasteiger partial charge in [0.2, 0.25) is 6.29 Å². The van der Waals surface area contributed by atoms with Gasteiger partial charge in [0.05, 0.1) is 5.69 Å². The van der Waals surface area contributed by atoms with Crippen LogP contribution in [0.4, 0.5) is 5.69 Å². The lowest BCUT2D eigenvalue weighted by Gasteiger charge is -2.13. The fourth-order valence-corrected chi connectivity index (χ4v) is 1.65. The number of hydrogen-bond acceptors (Lipinski definition) is 5. The second kappa shape index (κ2) is 4.42. The van der Waals surface area contributed by atoms with Gasteiger partial charge in [-0.05, 0) is 24.6 Å². The quantitative estimate of drug-likeness (QED) is 0.208. The van der Waals surface area contributed by atoms with Crippen molar-refractivity contribution in [2.45, 2.75) is 6.92 Å². The molecule has 92 valence electrons. The Balaban J connectivity index is 2.60. The zero-order valence-corrected chi connectivity index (χ0v) is 9.54. The Morgan fingerprint density at radius 3 is 2.78 bits per heavy atom. The Bertz CT molecular complexity index is 690. The van der Waals surface area contributed by atoms with Crippen LogP contribution < -0.4 is 16.5 Å². The van der Waals surface area contributed by atoms with Crippen molar-refractivity contribution in [1.82, 2.24) is 0 Å². The minimum atomic E-state index is -0.885. The van der Waals surface area contributed by atoms with Crippen molar-refractivity contribution in [3.05, 3.63) is 40.2 Å². The van der Waals surface area contributed by atoms with Gasteiger partial charge in [-0.2, -0.15) is 0 Å². The zero-order valence-electron chi connectivity index (χ0n) is 9.54. The van der Waals surface area contributed by atoms with Crippen LogP contribution in [0.25, 0.3) is 11.0 Å². The van der Waals surface area contributed by atoms with Gasteiger partial charge in [-0.1, -0.05) is 0 Å². The first-order chi connectivity index (χ1) is 8.52. The Morgan fingerprint density at radius 1 is 1.39 bits per heavy atom. The molecule has 0 saturated carbocycles. The molecule has 0 spiro atoms. The number of fused-ring (bicyclic) bond motifs is 1. The molecule has 0 atom stereocenters. The molecule has 18 heavy (non-hydrogen) atoms. The second-order valence-corrected chi connectivity index (χ2v) is 3.76. The lowest BCUT2D eigenvalue weighted by Crippen LogP contribution is -2.38. The predicted molar refractivity (Wildman–Crippen MR) is 65.0 cm³/mol. The smallest absolute Gasteiger partial charge is 0.336 e. The molecule has 0 saturated heterocycles. The molecule has 0 fully saturated rings. The predicted octanol–water partition coefficient (Wildman–Crippen LogP) is 0.507. The molecular formula is C12H10N2O4. The number of nitrogens with zero attached hydrogens (tertiary/aromatic N) is 1. The molecule has 0 aliphatic rings. The van der Waals surface area contributed by atoms with Crippen molar-refractivity contribution in [2.75, 3.05) is 5.01 Å². The summed E-state index contributed by atoms with van der Waals surface area (Å²) in [5.74, 6) is 4.56. The highest BCUT2D eigenvalue weighted by Gasteiger charge is 2.12. The molecule has 0 radical (unpaired) electrons. The van der Waals surface area contributed by atoms with Gasteiger partial charge >= 0.3 is 11.5 Å². The largest absolute Gasteiger partial charge is 0.423 e. The van der Waals surface area contributed by atoms with E-state index in [1.165, 1.54) is 12.1 Å². The fraction of sp³-hybridized carbons (Fsp3) is 0.0833. The standard InChI is InChI=1S/C12H10N2O4/c1-7-4-12(17)18-10-5-8(2-3-9(7)10)14(13)11(16)6-15/h2-6H,13H2,1H3. The van der Waals surface area contributed by atoms with Crippen molar-refractivity contribution in [3.63, 3.8) is 0 Å². The molecule has 6 heteroatoms. The van der Waals surface area contributed by atoms with E-state index in [4.69, 9.17) is 10.3 Å². The van der Waals surface area contributed by atoms with Crippen molar-refractivity contribution >= 4 is 28.8 Å². The molecular weight excluding hydrogens is 236 g/mol. The van der Waals surface area contributed by atoms with Crippen molar-refractivity contribution in [2.24, 2.45) is 5.84 Å². The molecule has 0 bridgehead atoms. The van der Waals surface area contributed by atoms with Crippen molar-refractivity contribution in [1.29, 1.82) is 0 Å². The number of amides is 1. The van der Waals surface area contributed by atoms with Gasteiger partial charge in [0.15, 0.2) is 0 Å². The number of aryl methyl sites for hydroxylation is 1. The van der Waals surface area contributed by atoms with E-state index >= 15 is 0 Å². The number of carbonyl (C=O) groups excluding carboxylic acids is 2. The summed E-state index contributed by atoms with van der Waals surface area (Å²) in [7, 11) is 0. The lowest BCUT2D eigenvalue weighted by molar-refractivity contribution is -0.129. The highest BCUT2D eigenvalue weighted by molar-refractivity contribution is 6.30. The summed E-state index contributed by atoms with van der Waals surface area (Å²) >= 11 is 0. The monoisotopic (exact) mass is 246 g/mol. The number of anilines is 1. The Morgan fingerprint density at radius 2 is 2.11 bits per heavy atom. The van der Waals surface area contributed by atoms with Gasteiger partial charge in [-0.3, -0.25) is 9.59 Å². The van der Waals surface area contributed by atoms with Crippen LogP contribution in [0.2, 0.25) is 0 Å². The molecule has 1 amide bonds. The SMILES string of the molecule is Cc1cc(=O)oc2cc(N(N)C(=O)C=O)ccc12. The summed E-state index contributed by atoms with van der Waals surface area (Å²) in [5, 5.41) is 1.43. The number of nitrogens with two attached hydrogens (primary N) is 1. The summed E-state index contributed by atoms with van der Waals surface area (Å²) in [6, 6.07) is 6.04. The van der Waals surface area contributed by atoms with Crippen LogP contribution in [-0.4, -0.2) is 12.2 Å². The molecule has 1 aromatic heterocycles. The van der Waals surface area contributed by atoms with E-state index in [2.05, 4.69) is 0 Å². The lowest BCUT2D eigenvalue weighted by atomic mass is 10.1. The molecule has 2 rings (SSSR count). The average molecular weight is 246 g/mol. The van der Waals surface area contributed by atoms with Crippen molar-refractivity contribution in [3.8, 4) is 0 Å². The summed E-state index contributed by atoms with van der Waals surface area (Å²) in [6.45, 7) is 1.77. The fourth-order valence-electron chi connectivity index (χ4n) is 1.65. The van der Waals surface area contributed by atoms with E-state index in [0.29, 0.717) is 10.6 Å². The summed E-state index contributed by atoms with van der Waals surface area (Å²) < 4.78 is 5.01. The molecule has 6 nitrogen and oxygen atoms in total. The number of rotatable bonds is 2. The third-order valence-corrected chi connectivity index (χ3v) is 2.55. The first kappa shape index (κ1) is 12.0. The number of hydrazine groups is 1. The molecule has 2 N–H and O–H groups in total. The Labute approximate surface area is 102 Å². The summed E-state index contributed by atoms with van der Waals surface area (Å²) in [6.07, 6.45) is 0.108. The topological polar surface area (TPSA) is 93.6 Å². The van der Waals surface area contributed by atoms with Gasteiger partial charge in [0.1, 0.15) is 5.58 Å². The number of benzene rings is 1. The summed E-state index contributed by atoms with van der Waals surface area (Å²) in [5.41, 5.74) is 0.862. The van der Waals surface area contributed by atoms with Gasteiger partial charge in [0.25, 0.3) is 0 Å². The highest BCUT2D eigenvalue weighted by atomic mass is 16.4. The summed E-state index contributed by atoms with van der Waals surface area (Å²) in [4.78, 5) is 32.7. The average Bonchev–Trinajstić information content (AvgIpc) is 2.36. The molecule has 1 aromatic carbocycles. The maximum Gasteiger partial charge on any atom is 0.336 e. The van der Waals surface area contributed by atoms with Crippen LogP contribution in [0.1, 0.15) is 5.56 Å². The van der Waals surface area contributed by atoms with Crippen LogP contribution in [-0.2, 0) is 9.59 Å². The van der Waals surface area contributed by atoms with Crippen LogP contribution in [0.3, 0.4) is 0 Å². The Hall–Kier alpha value is -2.47. The third kappa shape index (κ3) is 2.01. The van der Waals surface area contributed by atoms with Gasteiger partial charge in [-0.15, -0.1) is 0 Å². The maximum atomic E-state index is 11.2. The molecule has 0 unspecified atom stereocenters. The van der Waals surface area contributed by atoms with Crippen LogP contribution in [0, 0.1) is 6.92 Å². The number of aldehydes is 1. The minimum Gasteiger partial charge on any atom is -0.423 e. The van der Waals surface area contributed by atoms with Gasteiger partial charge in [0, 0.05) is 17.5 Å². The molecule has 0 aliphatic heterocycles. The third-order valence-electron chi connectivity index (χ3n) is 2.55. The van der Waals surface area contributed by atoms with Crippen LogP contribution >= 0.6 is 0 Å². The maximum absolute atomic E-state index is 11.2. The van der Waals surface area contributed by atoms with E-state index < -0.39 is 11.5 Å². The van der Waals surface area contributed by atoms with Gasteiger partial charge < -0.3 is 4.42 Å².